The van der Waals surface area contributed by atoms with E-state index in [-0.39, 0.29) is 16.5 Å². The zero-order valence-electron chi connectivity index (χ0n) is 9.70. The van der Waals surface area contributed by atoms with E-state index < -0.39 is 11.9 Å². The molecule has 2 rings (SSSR count). The maximum Gasteiger partial charge on any atom is 0.255 e. The van der Waals surface area contributed by atoms with Crippen LogP contribution < -0.4 is 16.4 Å². The van der Waals surface area contributed by atoms with Crippen LogP contribution in [0.25, 0.3) is 0 Å². The average Bonchev–Trinajstić information content (AvgIpc) is 2.32. The van der Waals surface area contributed by atoms with Gasteiger partial charge >= 0.3 is 0 Å². The van der Waals surface area contributed by atoms with E-state index in [1.54, 1.807) is 18.2 Å². The van der Waals surface area contributed by atoms with Gasteiger partial charge in [-0.05, 0) is 25.0 Å². The number of halogens is 1. The lowest BCUT2D eigenvalue weighted by molar-refractivity contribution is -0.124. The van der Waals surface area contributed by atoms with Gasteiger partial charge in [-0.2, -0.15) is 0 Å². The molecule has 96 valence electrons. The standard InChI is InChI=1S/C12H14ClN3O2/c13-7-3-1-4-8(14)10(7)12(18)16-9-5-2-6-15-11(9)17/h1,3-4,9H,2,5-6,14H2,(H,15,17)(H,16,18). The van der Waals surface area contributed by atoms with Gasteiger partial charge in [-0.25, -0.2) is 0 Å². The molecular weight excluding hydrogens is 254 g/mol. The molecule has 2 amide bonds. The van der Waals surface area contributed by atoms with Gasteiger partial charge in [-0.1, -0.05) is 17.7 Å². The lowest BCUT2D eigenvalue weighted by Crippen LogP contribution is -2.50. The summed E-state index contributed by atoms with van der Waals surface area (Å²) in [5, 5.41) is 5.63. The Morgan fingerprint density at radius 3 is 2.94 bits per heavy atom. The SMILES string of the molecule is Nc1cccc(Cl)c1C(=O)NC1CCCNC1=O. The quantitative estimate of drug-likeness (QED) is 0.697. The van der Waals surface area contributed by atoms with Gasteiger partial charge in [0.2, 0.25) is 5.91 Å². The van der Waals surface area contributed by atoms with Crippen LogP contribution in [0, 0.1) is 0 Å². The van der Waals surface area contributed by atoms with E-state index in [9.17, 15) is 9.59 Å². The summed E-state index contributed by atoms with van der Waals surface area (Å²) in [6, 6.07) is 4.35. The van der Waals surface area contributed by atoms with E-state index in [0.29, 0.717) is 18.7 Å². The topological polar surface area (TPSA) is 84.2 Å². The molecule has 0 bridgehead atoms. The number of hydrogen-bond donors (Lipinski definition) is 3. The lowest BCUT2D eigenvalue weighted by Gasteiger charge is -2.23. The van der Waals surface area contributed by atoms with Crippen LogP contribution in [-0.2, 0) is 4.79 Å². The van der Waals surface area contributed by atoms with Gasteiger partial charge in [0, 0.05) is 12.2 Å². The molecule has 0 aliphatic carbocycles. The summed E-state index contributed by atoms with van der Waals surface area (Å²) in [5.41, 5.74) is 6.24. The van der Waals surface area contributed by atoms with Crippen molar-refractivity contribution in [2.24, 2.45) is 0 Å². The van der Waals surface area contributed by atoms with E-state index in [4.69, 9.17) is 17.3 Å². The maximum atomic E-state index is 12.0. The molecule has 5 nitrogen and oxygen atoms in total. The second-order valence-electron chi connectivity index (χ2n) is 4.16. The molecule has 1 unspecified atom stereocenters. The number of rotatable bonds is 2. The summed E-state index contributed by atoms with van der Waals surface area (Å²) in [5.74, 6) is -0.583. The van der Waals surface area contributed by atoms with Gasteiger partial charge in [0.05, 0.1) is 10.6 Å². The monoisotopic (exact) mass is 267 g/mol. The Morgan fingerprint density at radius 1 is 1.50 bits per heavy atom. The molecule has 1 heterocycles. The number of nitrogens with one attached hydrogen (secondary N) is 2. The van der Waals surface area contributed by atoms with Crippen molar-refractivity contribution in [3.05, 3.63) is 28.8 Å². The van der Waals surface area contributed by atoms with Crippen LogP contribution in [0.2, 0.25) is 5.02 Å². The van der Waals surface area contributed by atoms with E-state index >= 15 is 0 Å². The van der Waals surface area contributed by atoms with Crippen molar-refractivity contribution >= 4 is 29.1 Å². The summed E-state index contributed by atoms with van der Waals surface area (Å²) in [7, 11) is 0. The second-order valence-corrected chi connectivity index (χ2v) is 4.57. The molecule has 1 saturated heterocycles. The van der Waals surface area contributed by atoms with E-state index in [2.05, 4.69) is 10.6 Å². The summed E-state index contributed by atoms with van der Waals surface area (Å²) in [6.07, 6.45) is 1.47. The smallest absolute Gasteiger partial charge is 0.255 e. The highest BCUT2D eigenvalue weighted by molar-refractivity contribution is 6.34. The Kier molecular flexibility index (Phi) is 3.72. The number of piperidine rings is 1. The van der Waals surface area contributed by atoms with Crippen molar-refractivity contribution < 1.29 is 9.59 Å². The molecule has 1 atom stereocenters. The molecule has 0 radical (unpaired) electrons. The molecule has 1 aromatic rings. The van der Waals surface area contributed by atoms with Crippen LogP contribution in [0.15, 0.2) is 18.2 Å². The predicted molar refractivity (Wildman–Crippen MR) is 69.4 cm³/mol. The Labute approximate surface area is 110 Å². The third-order valence-electron chi connectivity index (χ3n) is 2.86. The Balaban J connectivity index is 2.14. The van der Waals surface area contributed by atoms with E-state index in [0.717, 1.165) is 6.42 Å². The van der Waals surface area contributed by atoms with Gasteiger partial charge in [0.15, 0.2) is 0 Å². The largest absolute Gasteiger partial charge is 0.398 e. The molecule has 0 spiro atoms. The Hall–Kier alpha value is -1.75. The third-order valence-corrected chi connectivity index (χ3v) is 3.18. The first-order chi connectivity index (χ1) is 8.59. The fourth-order valence-corrected chi connectivity index (χ4v) is 2.19. The molecule has 18 heavy (non-hydrogen) atoms. The summed E-state index contributed by atoms with van der Waals surface area (Å²) in [4.78, 5) is 23.6. The van der Waals surface area contributed by atoms with Crippen molar-refractivity contribution in [2.45, 2.75) is 18.9 Å². The first-order valence-electron chi connectivity index (χ1n) is 5.72. The first kappa shape index (κ1) is 12.7. The van der Waals surface area contributed by atoms with Gasteiger partial charge in [0.1, 0.15) is 6.04 Å². The predicted octanol–water partition coefficient (Wildman–Crippen LogP) is 0.931. The average molecular weight is 268 g/mol. The molecule has 1 aliphatic rings. The Bertz CT molecular complexity index is 470. The molecule has 1 aromatic carbocycles. The van der Waals surface area contributed by atoms with Crippen LogP contribution in [0.5, 0.6) is 0 Å². The second kappa shape index (κ2) is 5.27. The molecule has 1 fully saturated rings. The molecule has 4 N–H and O–H groups in total. The fraction of sp³-hybridized carbons (Fsp3) is 0.333. The van der Waals surface area contributed by atoms with Gasteiger partial charge in [0.25, 0.3) is 5.91 Å². The third kappa shape index (κ3) is 2.56. The van der Waals surface area contributed by atoms with Crippen molar-refractivity contribution in [1.82, 2.24) is 10.6 Å². The molecule has 6 heteroatoms. The van der Waals surface area contributed by atoms with Crippen molar-refractivity contribution in [2.75, 3.05) is 12.3 Å². The highest BCUT2D eigenvalue weighted by Crippen LogP contribution is 2.22. The van der Waals surface area contributed by atoms with Crippen LogP contribution in [0.3, 0.4) is 0 Å². The number of nitrogen functional groups attached to an aromatic ring is 1. The van der Waals surface area contributed by atoms with E-state index in [1.165, 1.54) is 0 Å². The molecule has 1 aliphatic heterocycles. The fourth-order valence-electron chi connectivity index (χ4n) is 1.92. The summed E-state index contributed by atoms with van der Waals surface area (Å²) >= 11 is 5.94. The zero-order chi connectivity index (χ0) is 13.1. The number of carbonyl (C=O) groups is 2. The van der Waals surface area contributed by atoms with Gasteiger partial charge < -0.3 is 16.4 Å². The normalized spacial score (nSPS) is 19.2. The minimum absolute atomic E-state index is 0.166. The van der Waals surface area contributed by atoms with Gasteiger partial charge in [-0.15, -0.1) is 0 Å². The lowest BCUT2D eigenvalue weighted by atomic mass is 10.1. The minimum Gasteiger partial charge on any atom is -0.398 e. The number of amides is 2. The van der Waals surface area contributed by atoms with Crippen molar-refractivity contribution in [3.8, 4) is 0 Å². The molecule has 0 aromatic heterocycles. The van der Waals surface area contributed by atoms with Crippen LogP contribution in [0.4, 0.5) is 5.69 Å². The first-order valence-corrected chi connectivity index (χ1v) is 6.10. The Morgan fingerprint density at radius 2 is 2.28 bits per heavy atom. The van der Waals surface area contributed by atoms with Crippen LogP contribution >= 0.6 is 11.6 Å². The summed E-state index contributed by atoms with van der Waals surface area (Å²) < 4.78 is 0. The number of anilines is 1. The number of nitrogens with two attached hydrogens (primary N) is 1. The zero-order valence-corrected chi connectivity index (χ0v) is 10.5. The van der Waals surface area contributed by atoms with Crippen molar-refractivity contribution in [3.63, 3.8) is 0 Å². The van der Waals surface area contributed by atoms with Crippen molar-refractivity contribution in [1.29, 1.82) is 0 Å². The minimum atomic E-state index is -0.512. The van der Waals surface area contributed by atoms with E-state index in [1.807, 2.05) is 0 Å². The highest BCUT2D eigenvalue weighted by atomic mass is 35.5. The highest BCUT2D eigenvalue weighted by Gasteiger charge is 2.25. The number of hydrogen-bond acceptors (Lipinski definition) is 3. The van der Waals surface area contributed by atoms with Gasteiger partial charge in [-0.3, -0.25) is 9.59 Å². The number of carbonyl (C=O) groups excluding carboxylic acids is 2. The summed E-state index contributed by atoms with van der Waals surface area (Å²) in [6.45, 7) is 0.652. The number of benzene rings is 1. The maximum absolute atomic E-state index is 12.0. The van der Waals surface area contributed by atoms with Crippen LogP contribution in [0.1, 0.15) is 23.2 Å². The molecular formula is C12H14ClN3O2. The van der Waals surface area contributed by atoms with Crippen LogP contribution in [-0.4, -0.2) is 24.4 Å². The molecule has 0 saturated carbocycles.